The first kappa shape index (κ1) is 16.4. The van der Waals surface area contributed by atoms with Gasteiger partial charge in [-0.25, -0.2) is 0 Å². The standard InChI is InChI=1S/C15H19N3O3S/c1-4-20-13-7-11(5-6-12(13)21-10(2)3)8-16-18-15-17-14(19)9-22-15/h5-8,10H,4,9H2,1-3H3,(H,17,18,19). The number of hydrogen-bond acceptors (Lipinski definition) is 6. The number of carbonyl (C=O) groups excluding carboxylic acids is 1. The van der Waals surface area contributed by atoms with Crippen LogP contribution in [0.5, 0.6) is 11.5 Å². The molecule has 1 heterocycles. The molecule has 7 heteroatoms. The Morgan fingerprint density at radius 3 is 2.86 bits per heavy atom. The van der Waals surface area contributed by atoms with Gasteiger partial charge in [-0.1, -0.05) is 11.8 Å². The van der Waals surface area contributed by atoms with Gasteiger partial charge in [-0.15, -0.1) is 5.10 Å². The molecule has 1 aliphatic heterocycles. The molecule has 118 valence electrons. The average molecular weight is 321 g/mol. The van der Waals surface area contributed by atoms with Crippen molar-refractivity contribution in [2.45, 2.75) is 26.9 Å². The van der Waals surface area contributed by atoms with Crippen molar-refractivity contribution < 1.29 is 14.3 Å². The minimum Gasteiger partial charge on any atom is -0.490 e. The maximum Gasteiger partial charge on any atom is 0.236 e. The molecule has 0 radical (unpaired) electrons. The maximum absolute atomic E-state index is 11.0. The van der Waals surface area contributed by atoms with E-state index in [0.29, 0.717) is 29.0 Å². The smallest absolute Gasteiger partial charge is 0.236 e. The average Bonchev–Trinajstić information content (AvgIpc) is 2.87. The number of hydrogen-bond donors (Lipinski definition) is 1. The second kappa shape index (κ2) is 7.84. The minimum absolute atomic E-state index is 0.0484. The van der Waals surface area contributed by atoms with Crippen LogP contribution in [0.4, 0.5) is 0 Å². The molecule has 2 rings (SSSR count). The molecule has 0 aromatic heterocycles. The van der Waals surface area contributed by atoms with Gasteiger partial charge in [-0.05, 0) is 44.5 Å². The van der Waals surface area contributed by atoms with Gasteiger partial charge in [0.25, 0.3) is 0 Å². The van der Waals surface area contributed by atoms with Crippen LogP contribution in [0, 0.1) is 0 Å². The zero-order chi connectivity index (χ0) is 15.9. The van der Waals surface area contributed by atoms with Crippen LogP contribution in [-0.2, 0) is 4.79 Å². The number of rotatable bonds is 6. The van der Waals surface area contributed by atoms with Gasteiger partial charge in [0, 0.05) is 0 Å². The summed E-state index contributed by atoms with van der Waals surface area (Å²) in [6.45, 7) is 6.41. The topological polar surface area (TPSA) is 72.3 Å². The summed E-state index contributed by atoms with van der Waals surface area (Å²) in [6, 6.07) is 5.58. The first-order valence-corrected chi connectivity index (χ1v) is 8.04. The molecule has 0 spiro atoms. The molecular formula is C15H19N3O3S. The van der Waals surface area contributed by atoms with Crippen LogP contribution >= 0.6 is 11.8 Å². The third-order valence-corrected chi connectivity index (χ3v) is 3.44. The van der Waals surface area contributed by atoms with Crippen LogP contribution in [0.25, 0.3) is 0 Å². The number of benzene rings is 1. The second-order valence-electron chi connectivity index (χ2n) is 4.79. The van der Waals surface area contributed by atoms with E-state index in [4.69, 9.17) is 9.47 Å². The lowest BCUT2D eigenvalue weighted by molar-refractivity contribution is -0.116. The number of ether oxygens (including phenoxy) is 2. The monoisotopic (exact) mass is 321 g/mol. The summed E-state index contributed by atoms with van der Waals surface area (Å²) in [5, 5.41) is 11.1. The predicted octanol–water partition coefficient (Wildman–Crippen LogP) is 2.43. The normalized spacial score (nSPS) is 16.5. The molecule has 0 aliphatic carbocycles. The molecule has 6 nitrogen and oxygen atoms in total. The number of nitrogens with one attached hydrogen (secondary N) is 1. The molecule has 0 bridgehead atoms. The fourth-order valence-electron chi connectivity index (χ4n) is 1.75. The van der Waals surface area contributed by atoms with Crippen molar-refractivity contribution in [2.24, 2.45) is 10.2 Å². The first-order valence-electron chi connectivity index (χ1n) is 7.05. The van der Waals surface area contributed by atoms with Gasteiger partial charge in [0.05, 0.1) is 24.7 Å². The van der Waals surface area contributed by atoms with Gasteiger partial charge < -0.3 is 14.8 Å². The van der Waals surface area contributed by atoms with Crippen molar-refractivity contribution in [1.82, 2.24) is 5.32 Å². The number of thioether (sulfide) groups is 1. The Morgan fingerprint density at radius 1 is 1.41 bits per heavy atom. The van der Waals surface area contributed by atoms with Crippen LogP contribution in [0.3, 0.4) is 0 Å². The van der Waals surface area contributed by atoms with Crippen LogP contribution in [0.1, 0.15) is 26.3 Å². The zero-order valence-corrected chi connectivity index (χ0v) is 13.6. The number of nitrogens with zero attached hydrogens (tertiary/aromatic N) is 2. The highest BCUT2D eigenvalue weighted by Gasteiger charge is 2.15. The fourth-order valence-corrected chi connectivity index (χ4v) is 2.38. The van der Waals surface area contributed by atoms with E-state index in [0.717, 1.165) is 5.56 Å². The lowest BCUT2D eigenvalue weighted by Crippen LogP contribution is -2.19. The Balaban J connectivity index is 2.10. The molecular weight excluding hydrogens is 302 g/mol. The lowest BCUT2D eigenvalue weighted by atomic mass is 10.2. The van der Waals surface area contributed by atoms with Gasteiger partial charge in [-0.2, -0.15) is 5.10 Å². The molecule has 22 heavy (non-hydrogen) atoms. The van der Waals surface area contributed by atoms with Crippen LogP contribution in [0.2, 0.25) is 0 Å². The van der Waals surface area contributed by atoms with E-state index in [-0.39, 0.29) is 12.0 Å². The molecule has 1 saturated heterocycles. The van der Waals surface area contributed by atoms with E-state index < -0.39 is 0 Å². The van der Waals surface area contributed by atoms with Gasteiger partial charge in [0.1, 0.15) is 0 Å². The van der Waals surface area contributed by atoms with E-state index in [1.807, 2.05) is 39.0 Å². The van der Waals surface area contributed by atoms with Crippen LogP contribution in [-0.4, -0.2) is 35.8 Å². The Labute approximate surface area is 134 Å². The van der Waals surface area contributed by atoms with Crippen LogP contribution in [0.15, 0.2) is 28.4 Å². The predicted molar refractivity (Wildman–Crippen MR) is 89.0 cm³/mol. The summed E-state index contributed by atoms with van der Waals surface area (Å²) < 4.78 is 11.3. The maximum atomic E-state index is 11.0. The van der Waals surface area contributed by atoms with Crippen LogP contribution < -0.4 is 14.8 Å². The minimum atomic E-state index is -0.0484. The summed E-state index contributed by atoms with van der Waals surface area (Å²) in [5.41, 5.74) is 0.846. The van der Waals surface area contributed by atoms with E-state index in [9.17, 15) is 4.79 Å². The Bertz CT molecular complexity index is 600. The second-order valence-corrected chi connectivity index (χ2v) is 5.76. The third kappa shape index (κ3) is 4.77. The van der Waals surface area contributed by atoms with Crippen molar-refractivity contribution in [3.63, 3.8) is 0 Å². The lowest BCUT2D eigenvalue weighted by Gasteiger charge is -2.14. The van der Waals surface area contributed by atoms with Crippen molar-refractivity contribution in [3.8, 4) is 11.5 Å². The summed E-state index contributed by atoms with van der Waals surface area (Å²) in [6.07, 6.45) is 1.69. The molecule has 0 atom stereocenters. The molecule has 1 aliphatic rings. The Hall–Kier alpha value is -2.02. The summed E-state index contributed by atoms with van der Waals surface area (Å²) >= 11 is 1.34. The van der Waals surface area contributed by atoms with E-state index >= 15 is 0 Å². The van der Waals surface area contributed by atoms with Gasteiger partial charge in [0.2, 0.25) is 5.91 Å². The SMILES string of the molecule is CCOc1cc(C=NN=C2NC(=O)CS2)ccc1OC(C)C. The summed E-state index contributed by atoms with van der Waals surface area (Å²) in [7, 11) is 0. The molecule has 1 amide bonds. The molecule has 0 saturated carbocycles. The van der Waals surface area contributed by atoms with Crippen molar-refractivity contribution >= 4 is 29.1 Å². The highest BCUT2D eigenvalue weighted by molar-refractivity contribution is 8.15. The zero-order valence-electron chi connectivity index (χ0n) is 12.8. The van der Waals surface area contributed by atoms with Gasteiger partial charge >= 0.3 is 0 Å². The van der Waals surface area contributed by atoms with E-state index in [1.54, 1.807) is 6.21 Å². The fraction of sp³-hybridized carbons (Fsp3) is 0.400. The van der Waals surface area contributed by atoms with E-state index in [2.05, 4.69) is 15.5 Å². The van der Waals surface area contributed by atoms with Crippen molar-refractivity contribution in [3.05, 3.63) is 23.8 Å². The number of amidine groups is 1. The quantitative estimate of drug-likeness (QED) is 0.645. The summed E-state index contributed by atoms with van der Waals surface area (Å²) in [5.74, 6) is 1.73. The highest BCUT2D eigenvalue weighted by atomic mass is 32.2. The Kier molecular flexibility index (Phi) is 5.83. The molecule has 1 N–H and O–H groups in total. The molecule has 1 fully saturated rings. The molecule has 1 aromatic carbocycles. The van der Waals surface area contributed by atoms with Crippen molar-refractivity contribution in [2.75, 3.05) is 12.4 Å². The first-order chi connectivity index (χ1) is 10.6. The number of carbonyl (C=O) groups is 1. The third-order valence-electron chi connectivity index (χ3n) is 2.57. The molecule has 1 aromatic rings. The van der Waals surface area contributed by atoms with Crippen molar-refractivity contribution in [1.29, 1.82) is 0 Å². The Morgan fingerprint density at radius 2 is 2.23 bits per heavy atom. The van der Waals surface area contributed by atoms with Gasteiger partial charge in [-0.3, -0.25) is 4.79 Å². The van der Waals surface area contributed by atoms with Gasteiger partial charge in [0.15, 0.2) is 16.7 Å². The largest absolute Gasteiger partial charge is 0.490 e. The number of amides is 1. The molecule has 0 unspecified atom stereocenters. The highest BCUT2D eigenvalue weighted by Crippen LogP contribution is 2.29. The summed E-state index contributed by atoms with van der Waals surface area (Å²) in [4.78, 5) is 11.0. The van der Waals surface area contributed by atoms with E-state index in [1.165, 1.54) is 11.8 Å².